The molecule has 7 nitrogen and oxygen atoms in total. The number of pyridine rings is 1. The summed E-state index contributed by atoms with van der Waals surface area (Å²) in [6.45, 7) is 3.62. The van der Waals surface area contributed by atoms with Gasteiger partial charge in [0.1, 0.15) is 9.86 Å². The molecule has 9 heteroatoms. The van der Waals surface area contributed by atoms with E-state index in [0.717, 1.165) is 42.1 Å². The average Bonchev–Trinajstić information content (AvgIpc) is 3.15. The number of aromatic nitrogens is 1. The molecule has 1 saturated heterocycles. The van der Waals surface area contributed by atoms with E-state index in [-0.39, 0.29) is 23.0 Å². The van der Waals surface area contributed by atoms with Crippen LogP contribution in [-0.2, 0) is 9.53 Å². The van der Waals surface area contributed by atoms with Crippen LogP contribution in [0.3, 0.4) is 0 Å². The summed E-state index contributed by atoms with van der Waals surface area (Å²) in [7, 11) is 1.42. The summed E-state index contributed by atoms with van der Waals surface area (Å²) >= 11 is 3.65. The van der Waals surface area contributed by atoms with Gasteiger partial charge in [-0.25, -0.2) is 4.98 Å². The van der Waals surface area contributed by atoms with Crippen molar-refractivity contribution in [2.75, 3.05) is 30.1 Å². The van der Waals surface area contributed by atoms with Crippen LogP contribution in [0.1, 0.15) is 48.0 Å². The molecule has 2 atom stereocenters. The highest BCUT2D eigenvalue weighted by Crippen LogP contribution is 2.47. The molecule has 3 heterocycles. The fourth-order valence-corrected chi connectivity index (χ4v) is 5.84. The summed E-state index contributed by atoms with van der Waals surface area (Å²) in [5, 5.41) is 3.08. The Morgan fingerprint density at radius 2 is 2.03 bits per heavy atom. The summed E-state index contributed by atoms with van der Waals surface area (Å²) in [5.41, 5.74) is 2.52. The van der Waals surface area contributed by atoms with Crippen LogP contribution >= 0.6 is 34.4 Å². The van der Waals surface area contributed by atoms with E-state index in [4.69, 9.17) is 9.47 Å². The van der Waals surface area contributed by atoms with Crippen molar-refractivity contribution in [1.82, 2.24) is 9.88 Å². The first kappa shape index (κ1) is 23.2. The number of hydrogen-bond acceptors (Lipinski definition) is 7. The number of thioether (sulfide) groups is 1. The zero-order valence-corrected chi connectivity index (χ0v) is 21.1. The quantitative estimate of drug-likeness (QED) is 0.300. The van der Waals surface area contributed by atoms with Crippen LogP contribution in [0.15, 0.2) is 35.4 Å². The zero-order valence-electron chi connectivity index (χ0n) is 18.1. The van der Waals surface area contributed by atoms with E-state index in [1.54, 1.807) is 12.3 Å². The van der Waals surface area contributed by atoms with Gasteiger partial charge in [-0.05, 0) is 65.6 Å². The van der Waals surface area contributed by atoms with Gasteiger partial charge in [0.05, 0.1) is 12.7 Å². The number of fused-ring (bicyclic) bond motifs is 1. The second-order valence-electron chi connectivity index (χ2n) is 7.90. The Morgan fingerprint density at radius 3 is 2.75 bits per heavy atom. The summed E-state index contributed by atoms with van der Waals surface area (Å²) in [4.78, 5) is 32.4. The Kier molecular flexibility index (Phi) is 7.44. The van der Waals surface area contributed by atoms with Crippen LogP contribution in [0.2, 0.25) is 0 Å². The van der Waals surface area contributed by atoms with Crippen LogP contribution in [0.25, 0.3) is 0 Å². The maximum absolute atomic E-state index is 12.9. The topological polar surface area (TPSA) is 80.8 Å². The second-order valence-corrected chi connectivity index (χ2v) is 9.71. The molecule has 1 fully saturated rings. The molecule has 0 spiro atoms. The number of piperidine rings is 1. The zero-order chi connectivity index (χ0) is 22.7. The SMILES string of the molecule is COC(=O)C1Sc2cc(Nc3ncc(C(=O)N4CCCCC4)cc3OCI)ccc2C1C. The number of ether oxygens (including phenoxy) is 2. The molecule has 0 radical (unpaired) electrons. The third-order valence-electron chi connectivity index (χ3n) is 5.86. The number of halogens is 1. The Labute approximate surface area is 205 Å². The number of amides is 1. The minimum absolute atomic E-state index is 0.00108. The maximum Gasteiger partial charge on any atom is 0.319 e. The largest absolute Gasteiger partial charge is 0.479 e. The molecule has 1 aromatic heterocycles. The number of carbonyl (C=O) groups excluding carboxylic acids is 2. The van der Waals surface area contributed by atoms with Crippen molar-refractivity contribution in [3.05, 3.63) is 41.6 Å². The van der Waals surface area contributed by atoms with Crippen LogP contribution < -0.4 is 10.1 Å². The first-order chi connectivity index (χ1) is 15.5. The summed E-state index contributed by atoms with van der Waals surface area (Å²) in [6, 6.07) is 7.79. The van der Waals surface area contributed by atoms with Crippen molar-refractivity contribution in [3.8, 4) is 5.75 Å². The highest BCUT2D eigenvalue weighted by atomic mass is 127. The number of alkyl halides is 1. The van der Waals surface area contributed by atoms with Crippen molar-refractivity contribution in [2.45, 2.75) is 42.2 Å². The normalized spacial score (nSPS) is 19.9. The van der Waals surface area contributed by atoms with Gasteiger partial charge in [-0.1, -0.05) is 13.0 Å². The van der Waals surface area contributed by atoms with Crippen LogP contribution in [-0.4, -0.2) is 51.8 Å². The molecular weight excluding hydrogens is 541 g/mol. The van der Waals surface area contributed by atoms with E-state index in [1.165, 1.54) is 25.3 Å². The van der Waals surface area contributed by atoms with Crippen molar-refractivity contribution in [3.63, 3.8) is 0 Å². The number of carbonyl (C=O) groups is 2. The van der Waals surface area contributed by atoms with Crippen LogP contribution in [0.4, 0.5) is 11.5 Å². The van der Waals surface area contributed by atoms with Gasteiger partial charge in [-0.3, -0.25) is 9.59 Å². The Bertz CT molecular complexity index is 1010. The number of likely N-dealkylation sites (tertiary alicyclic amines) is 1. The van der Waals surface area contributed by atoms with Gasteiger partial charge >= 0.3 is 5.97 Å². The number of methoxy groups -OCH3 is 1. The van der Waals surface area contributed by atoms with Crippen molar-refractivity contribution in [1.29, 1.82) is 0 Å². The molecule has 1 aromatic carbocycles. The highest BCUT2D eigenvalue weighted by Gasteiger charge is 2.36. The standard InChI is InChI=1S/C23H26IN3O4S/c1-14-17-7-6-16(11-19(17)32-20(14)23(29)30-2)26-21-18(31-13-24)10-15(12-25-21)22(28)27-8-4-3-5-9-27/h6-7,10-12,14,20H,3-5,8-9,13H2,1-2H3,(H,25,26). The third-order valence-corrected chi connectivity index (χ3v) is 7.63. The van der Waals surface area contributed by atoms with Gasteiger partial charge in [0.15, 0.2) is 11.6 Å². The minimum Gasteiger partial charge on any atom is -0.479 e. The fraction of sp³-hybridized carbons (Fsp3) is 0.435. The summed E-state index contributed by atoms with van der Waals surface area (Å²) in [6.07, 6.45) is 4.87. The molecule has 32 heavy (non-hydrogen) atoms. The smallest absolute Gasteiger partial charge is 0.319 e. The molecule has 2 aliphatic heterocycles. The number of hydrogen-bond donors (Lipinski definition) is 1. The van der Waals surface area contributed by atoms with Crippen LogP contribution in [0.5, 0.6) is 5.75 Å². The van der Waals surface area contributed by atoms with Gasteiger partial charge in [0, 0.05) is 35.8 Å². The minimum atomic E-state index is -0.235. The molecule has 0 bridgehead atoms. The maximum atomic E-state index is 12.9. The Morgan fingerprint density at radius 1 is 1.25 bits per heavy atom. The molecule has 170 valence electrons. The highest BCUT2D eigenvalue weighted by molar-refractivity contribution is 14.1. The Hall–Kier alpha value is -2.01. The van der Waals surface area contributed by atoms with Gasteiger partial charge < -0.3 is 19.7 Å². The number of benzene rings is 1. The van der Waals surface area contributed by atoms with Crippen molar-refractivity contribution >= 4 is 57.7 Å². The Balaban J connectivity index is 1.54. The lowest BCUT2D eigenvalue weighted by Crippen LogP contribution is -2.35. The molecule has 2 aromatic rings. The molecule has 2 aliphatic rings. The van der Waals surface area contributed by atoms with Crippen LogP contribution in [0, 0.1) is 0 Å². The number of nitrogens with zero attached hydrogens (tertiary/aromatic N) is 2. The van der Waals surface area contributed by atoms with E-state index in [9.17, 15) is 9.59 Å². The first-order valence-corrected chi connectivity index (χ1v) is 13.1. The summed E-state index contributed by atoms with van der Waals surface area (Å²) < 4.78 is 11.2. The molecule has 4 rings (SSSR count). The lowest BCUT2D eigenvalue weighted by atomic mass is 9.97. The number of nitrogens with one attached hydrogen (secondary N) is 1. The second kappa shape index (κ2) is 10.3. The molecular formula is C23H26IN3O4S. The molecule has 2 unspecified atom stereocenters. The monoisotopic (exact) mass is 567 g/mol. The number of rotatable bonds is 6. The lowest BCUT2D eigenvalue weighted by Gasteiger charge is -2.26. The van der Waals surface area contributed by atoms with E-state index in [0.29, 0.717) is 21.7 Å². The fourth-order valence-electron chi connectivity index (χ4n) is 4.10. The van der Waals surface area contributed by atoms with Gasteiger partial charge in [-0.2, -0.15) is 0 Å². The molecule has 0 saturated carbocycles. The van der Waals surface area contributed by atoms with Gasteiger partial charge in [0.2, 0.25) is 0 Å². The van der Waals surface area contributed by atoms with E-state index in [2.05, 4.69) is 32.9 Å². The molecule has 0 aliphatic carbocycles. The van der Waals surface area contributed by atoms with E-state index in [1.807, 2.05) is 30.0 Å². The molecule has 1 N–H and O–H groups in total. The number of esters is 1. The van der Waals surface area contributed by atoms with Gasteiger partial charge in [-0.15, -0.1) is 11.8 Å². The van der Waals surface area contributed by atoms with E-state index < -0.39 is 0 Å². The summed E-state index contributed by atoms with van der Waals surface area (Å²) in [5.74, 6) is 0.974. The van der Waals surface area contributed by atoms with E-state index >= 15 is 0 Å². The lowest BCUT2D eigenvalue weighted by molar-refractivity contribution is -0.140. The predicted molar refractivity (Wildman–Crippen MR) is 133 cm³/mol. The predicted octanol–water partition coefficient (Wildman–Crippen LogP) is 4.97. The average molecular weight is 567 g/mol. The number of anilines is 2. The van der Waals surface area contributed by atoms with Crippen molar-refractivity contribution < 1.29 is 19.1 Å². The first-order valence-electron chi connectivity index (χ1n) is 10.7. The molecule has 1 amide bonds. The van der Waals surface area contributed by atoms with Gasteiger partial charge in [0.25, 0.3) is 5.91 Å². The van der Waals surface area contributed by atoms with Crippen molar-refractivity contribution in [2.24, 2.45) is 0 Å². The third kappa shape index (κ3) is 4.83.